The van der Waals surface area contributed by atoms with Gasteiger partial charge < -0.3 is 10.1 Å². The Labute approximate surface area is 156 Å². The molecular formula is C21H22F3NO2. The normalized spacial score (nSPS) is 16.1. The molecule has 27 heavy (non-hydrogen) atoms. The monoisotopic (exact) mass is 377 g/mol. The SMILES string of the molecule is COc1ccc(C2(CNC(=O)c3ccccc3C(F)(F)F)CCCC2)cc1. The largest absolute Gasteiger partial charge is 0.497 e. The molecule has 0 aromatic heterocycles. The maximum atomic E-state index is 13.2. The molecule has 1 aliphatic carbocycles. The lowest BCUT2D eigenvalue weighted by Crippen LogP contribution is -2.39. The predicted molar refractivity (Wildman–Crippen MR) is 96.9 cm³/mol. The van der Waals surface area contributed by atoms with Crippen LogP contribution in [-0.4, -0.2) is 19.6 Å². The van der Waals surface area contributed by atoms with E-state index < -0.39 is 17.6 Å². The average molecular weight is 377 g/mol. The topological polar surface area (TPSA) is 38.3 Å². The molecule has 1 saturated carbocycles. The summed E-state index contributed by atoms with van der Waals surface area (Å²) in [4.78, 5) is 12.5. The van der Waals surface area contributed by atoms with Crippen LogP contribution in [0.5, 0.6) is 5.75 Å². The summed E-state index contributed by atoms with van der Waals surface area (Å²) in [5.74, 6) is 0.0535. The summed E-state index contributed by atoms with van der Waals surface area (Å²) in [6.07, 6.45) is -0.724. The third-order valence-electron chi connectivity index (χ3n) is 5.33. The van der Waals surface area contributed by atoms with Crippen LogP contribution in [0.15, 0.2) is 48.5 Å². The van der Waals surface area contributed by atoms with Gasteiger partial charge in [0.1, 0.15) is 5.75 Å². The molecule has 144 valence electrons. The number of hydrogen-bond donors (Lipinski definition) is 1. The zero-order valence-electron chi connectivity index (χ0n) is 15.1. The second-order valence-electron chi connectivity index (χ2n) is 6.94. The third-order valence-corrected chi connectivity index (χ3v) is 5.33. The van der Waals surface area contributed by atoms with Gasteiger partial charge in [0.2, 0.25) is 0 Å². The van der Waals surface area contributed by atoms with Gasteiger partial charge in [0.05, 0.1) is 18.2 Å². The molecule has 0 unspecified atom stereocenters. The minimum atomic E-state index is -4.56. The minimum Gasteiger partial charge on any atom is -0.497 e. The molecule has 0 radical (unpaired) electrons. The summed E-state index contributed by atoms with van der Waals surface area (Å²) >= 11 is 0. The maximum absolute atomic E-state index is 13.2. The molecule has 1 amide bonds. The zero-order valence-corrected chi connectivity index (χ0v) is 15.1. The van der Waals surface area contributed by atoms with Crippen LogP contribution in [0.4, 0.5) is 13.2 Å². The van der Waals surface area contributed by atoms with Crippen molar-refractivity contribution >= 4 is 5.91 Å². The molecule has 0 atom stereocenters. The molecule has 0 spiro atoms. The van der Waals surface area contributed by atoms with Crippen molar-refractivity contribution in [2.24, 2.45) is 0 Å². The second kappa shape index (κ2) is 7.62. The second-order valence-corrected chi connectivity index (χ2v) is 6.94. The molecule has 0 aliphatic heterocycles. The van der Waals surface area contributed by atoms with Crippen LogP contribution >= 0.6 is 0 Å². The van der Waals surface area contributed by atoms with E-state index in [-0.39, 0.29) is 11.0 Å². The molecule has 0 bridgehead atoms. The van der Waals surface area contributed by atoms with E-state index in [2.05, 4.69) is 5.32 Å². The highest BCUT2D eigenvalue weighted by molar-refractivity contribution is 5.96. The highest BCUT2D eigenvalue weighted by Gasteiger charge is 2.38. The van der Waals surface area contributed by atoms with Gasteiger partial charge >= 0.3 is 6.18 Å². The Bertz CT molecular complexity index is 794. The van der Waals surface area contributed by atoms with Gasteiger partial charge in [-0.1, -0.05) is 37.1 Å². The number of methoxy groups -OCH3 is 1. The van der Waals surface area contributed by atoms with Gasteiger partial charge in [0, 0.05) is 12.0 Å². The molecule has 2 aromatic rings. The third kappa shape index (κ3) is 4.10. The number of carbonyl (C=O) groups excluding carboxylic acids is 1. The molecule has 3 nitrogen and oxygen atoms in total. The summed E-state index contributed by atoms with van der Waals surface area (Å²) in [6.45, 7) is 0.310. The fourth-order valence-corrected chi connectivity index (χ4v) is 3.84. The van der Waals surface area contributed by atoms with E-state index in [4.69, 9.17) is 4.74 Å². The lowest BCUT2D eigenvalue weighted by atomic mass is 9.78. The Morgan fingerprint density at radius 2 is 1.70 bits per heavy atom. The predicted octanol–water partition coefficient (Wildman–Crippen LogP) is 4.96. The first kappa shape index (κ1) is 19.3. The Balaban J connectivity index is 1.80. The van der Waals surface area contributed by atoms with Crippen LogP contribution in [0.2, 0.25) is 0 Å². The lowest BCUT2D eigenvalue weighted by Gasteiger charge is -2.30. The molecule has 1 N–H and O–H groups in total. The van der Waals surface area contributed by atoms with E-state index in [1.807, 2.05) is 24.3 Å². The zero-order chi connectivity index (χ0) is 19.5. The molecular weight excluding hydrogens is 355 g/mol. The number of benzene rings is 2. The van der Waals surface area contributed by atoms with Gasteiger partial charge in [-0.25, -0.2) is 0 Å². The van der Waals surface area contributed by atoms with Crippen LogP contribution < -0.4 is 10.1 Å². The first-order chi connectivity index (χ1) is 12.9. The van der Waals surface area contributed by atoms with Crippen LogP contribution in [0.25, 0.3) is 0 Å². The van der Waals surface area contributed by atoms with Crippen molar-refractivity contribution in [1.29, 1.82) is 0 Å². The quantitative estimate of drug-likeness (QED) is 0.800. The van der Waals surface area contributed by atoms with E-state index >= 15 is 0 Å². The number of hydrogen-bond acceptors (Lipinski definition) is 2. The van der Waals surface area contributed by atoms with E-state index in [1.165, 1.54) is 18.2 Å². The van der Waals surface area contributed by atoms with E-state index in [9.17, 15) is 18.0 Å². The fourth-order valence-electron chi connectivity index (χ4n) is 3.84. The van der Waals surface area contributed by atoms with Gasteiger partial charge in [0.25, 0.3) is 5.91 Å². The van der Waals surface area contributed by atoms with Crippen molar-refractivity contribution in [1.82, 2.24) is 5.32 Å². The van der Waals surface area contributed by atoms with Crippen molar-refractivity contribution in [2.75, 3.05) is 13.7 Å². The Morgan fingerprint density at radius 3 is 2.30 bits per heavy atom. The van der Waals surface area contributed by atoms with Crippen LogP contribution in [0, 0.1) is 0 Å². The van der Waals surface area contributed by atoms with Crippen molar-refractivity contribution < 1.29 is 22.7 Å². The molecule has 1 fully saturated rings. The lowest BCUT2D eigenvalue weighted by molar-refractivity contribution is -0.137. The summed E-state index contributed by atoms with van der Waals surface area (Å²) in [7, 11) is 1.60. The number of carbonyl (C=O) groups is 1. The first-order valence-corrected chi connectivity index (χ1v) is 8.95. The van der Waals surface area contributed by atoms with Crippen molar-refractivity contribution in [3.8, 4) is 5.75 Å². The standard InChI is InChI=1S/C21H22F3NO2/c1-27-16-10-8-15(9-11-16)20(12-4-5-13-20)14-25-19(26)17-6-2-3-7-18(17)21(22,23)24/h2-3,6-11H,4-5,12-14H2,1H3,(H,25,26). The summed E-state index contributed by atoms with van der Waals surface area (Å²) in [6, 6.07) is 12.6. The van der Waals surface area contributed by atoms with Crippen molar-refractivity contribution in [2.45, 2.75) is 37.3 Å². The minimum absolute atomic E-state index is 0.255. The van der Waals surface area contributed by atoms with E-state index in [0.29, 0.717) is 6.54 Å². The first-order valence-electron chi connectivity index (χ1n) is 8.95. The Kier molecular flexibility index (Phi) is 5.44. The molecule has 1 aliphatic rings. The number of nitrogens with one attached hydrogen (secondary N) is 1. The highest BCUT2D eigenvalue weighted by atomic mass is 19.4. The molecule has 6 heteroatoms. The Morgan fingerprint density at radius 1 is 1.07 bits per heavy atom. The number of amides is 1. The number of rotatable bonds is 5. The van der Waals surface area contributed by atoms with Crippen molar-refractivity contribution in [3.05, 3.63) is 65.2 Å². The average Bonchev–Trinajstić information content (AvgIpc) is 3.16. The van der Waals surface area contributed by atoms with Gasteiger partial charge in [-0.2, -0.15) is 13.2 Å². The maximum Gasteiger partial charge on any atom is 0.417 e. The highest BCUT2D eigenvalue weighted by Crippen LogP contribution is 2.41. The van der Waals surface area contributed by atoms with Gasteiger partial charge in [0.15, 0.2) is 0 Å². The van der Waals surface area contributed by atoms with Gasteiger partial charge in [-0.05, 0) is 42.7 Å². The van der Waals surface area contributed by atoms with Crippen LogP contribution in [-0.2, 0) is 11.6 Å². The summed E-state index contributed by atoms with van der Waals surface area (Å²) in [5, 5.41) is 2.75. The molecule has 2 aromatic carbocycles. The number of halogens is 3. The molecule has 0 heterocycles. The number of ether oxygens (including phenoxy) is 1. The number of alkyl halides is 3. The smallest absolute Gasteiger partial charge is 0.417 e. The fraction of sp³-hybridized carbons (Fsp3) is 0.381. The van der Waals surface area contributed by atoms with Crippen molar-refractivity contribution in [3.63, 3.8) is 0 Å². The molecule has 0 saturated heterocycles. The Hall–Kier alpha value is -2.50. The van der Waals surface area contributed by atoms with Gasteiger partial charge in [-0.15, -0.1) is 0 Å². The van der Waals surface area contributed by atoms with Crippen LogP contribution in [0.3, 0.4) is 0 Å². The van der Waals surface area contributed by atoms with Gasteiger partial charge in [-0.3, -0.25) is 4.79 Å². The van der Waals surface area contributed by atoms with E-state index in [1.54, 1.807) is 7.11 Å². The summed E-state index contributed by atoms with van der Waals surface area (Å²) in [5.41, 5.74) is -0.430. The summed E-state index contributed by atoms with van der Waals surface area (Å²) < 4.78 is 44.7. The van der Waals surface area contributed by atoms with E-state index in [0.717, 1.165) is 43.1 Å². The van der Waals surface area contributed by atoms with Crippen LogP contribution in [0.1, 0.15) is 47.2 Å². The molecule has 3 rings (SSSR count).